The van der Waals surface area contributed by atoms with E-state index < -0.39 is 0 Å². The number of hydrogen-bond donors (Lipinski definition) is 1. The van der Waals surface area contributed by atoms with Gasteiger partial charge >= 0.3 is 0 Å². The van der Waals surface area contributed by atoms with E-state index in [1.165, 1.54) is 0 Å². The standard InChI is InChI=1S/C20H28N4O3.CH2O2/c1-22-10-15-11-24(18(12-22)14-27-13-15)20(26)17-4-8-23(9-5-17)19(25)16-2-6-21-7-3-16;2-1-3/h2-3,6-7,15,17-18H,4-5,8-14H2,1H3;1H,(H,2,3)/t15-,18-;/m0./s1. The maximum absolute atomic E-state index is 13.2. The van der Waals surface area contributed by atoms with Gasteiger partial charge < -0.3 is 24.5 Å². The van der Waals surface area contributed by atoms with E-state index in [0.29, 0.717) is 31.2 Å². The highest BCUT2D eigenvalue weighted by molar-refractivity contribution is 5.94. The van der Waals surface area contributed by atoms with Crippen molar-refractivity contribution in [3.05, 3.63) is 30.1 Å². The highest BCUT2D eigenvalue weighted by Crippen LogP contribution is 2.26. The molecule has 0 aliphatic carbocycles. The number of amides is 2. The summed E-state index contributed by atoms with van der Waals surface area (Å²) in [6.45, 7) is 5.05. The van der Waals surface area contributed by atoms with Crippen molar-refractivity contribution >= 4 is 18.3 Å². The number of nitrogens with zero attached hydrogens (tertiary/aromatic N) is 4. The van der Waals surface area contributed by atoms with Gasteiger partial charge in [0.1, 0.15) is 0 Å². The lowest BCUT2D eigenvalue weighted by Gasteiger charge is -2.36. The zero-order chi connectivity index (χ0) is 21.5. The summed E-state index contributed by atoms with van der Waals surface area (Å²) in [5, 5.41) is 6.89. The molecule has 9 nitrogen and oxygen atoms in total. The number of aromatic nitrogens is 1. The molecule has 4 heterocycles. The monoisotopic (exact) mass is 418 g/mol. The molecule has 3 aliphatic rings. The number of likely N-dealkylation sites (N-methyl/N-ethyl adjacent to an activating group) is 1. The maximum Gasteiger partial charge on any atom is 0.290 e. The lowest BCUT2D eigenvalue weighted by atomic mass is 9.94. The van der Waals surface area contributed by atoms with E-state index in [2.05, 4.69) is 21.8 Å². The van der Waals surface area contributed by atoms with Gasteiger partial charge in [-0.15, -0.1) is 0 Å². The predicted molar refractivity (Wildman–Crippen MR) is 109 cm³/mol. The van der Waals surface area contributed by atoms with E-state index in [-0.39, 0.29) is 30.2 Å². The van der Waals surface area contributed by atoms with Gasteiger partial charge in [0.25, 0.3) is 12.4 Å². The predicted octanol–water partition coefficient (Wildman–Crippen LogP) is 0.424. The van der Waals surface area contributed by atoms with Crippen molar-refractivity contribution in [3.63, 3.8) is 0 Å². The third kappa shape index (κ3) is 5.34. The Hall–Kier alpha value is -2.52. The van der Waals surface area contributed by atoms with E-state index >= 15 is 0 Å². The van der Waals surface area contributed by atoms with E-state index in [1.807, 2.05) is 4.90 Å². The number of hydrogen-bond acceptors (Lipinski definition) is 6. The number of ether oxygens (including phenoxy) is 1. The van der Waals surface area contributed by atoms with Crippen molar-refractivity contribution < 1.29 is 24.2 Å². The Labute approximate surface area is 176 Å². The molecule has 2 atom stereocenters. The fourth-order valence-electron chi connectivity index (χ4n) is 4.59. The first-order valence-corrected chi connectivity index (χ1v) is 10.4. The first-order chi connectivity index (χ1) is 14.5. The quantitative estimate of drug-likeness (QED) is 0.695. The molecule has 1 aromatic rings. The number of carbonyl (C=O) groups is 3. The minimum absolute atomic E-state index is 0.0103. The largest absolute Gasteiger partial charge is 0.483 e. The van der Waals surface area contributed by atoms with E-state index in [1.54, 1.807) is 24.5 Å². The van der Waals surface area contributed by atoms with E-state index in [0.717, 1.165) is 39.1 Å². The number of rotatable bonds is 2. The third-order valence-electron chi connectivity index (χ3n) is 5.99. The summed E-state index contributed by atoms with van der Waals surface area (Å²) in [4.78, 5) is 44.4. The summed E-state index contributed by atoms with van der Waals surface area (Å²) < 4.78 is 5.80. The van der Waals surface area contributed by atoms with Crippen molar-refractivity contribution in [3.8, 4) is 0 Å². The minimum atomic E-state index is -0.250. The molecule has 9 heteroatoms. The fourth-order valence-corrected chi connectivity index (χ4v) is 4.59. The molecule has 3 aliphatic heterocycles. The van der Waals surface area contributed by atoms with Crippen molar-refractivity contribution in [2.45, 2.75) is 18.9 Å². The van der Waals surface area contributed by atoms with Crippen LogP contribution in [0.2, 0.25) is 0 Å². The van der Waals surface area contributed by atoms with Crippen LogP contribution >= 0.6 is 0 Å². The van der Waals surface area contributed by atoms with Gasteiger partial charge in [-0.1, -0.05) is 0 Å². The fraction of sp³-hybridized carbons (Fsp3) is 0.619. The maximum atomic E-state index is 13.2. The lowest BCUT2D eigenvalue weighted by Crippen LogP contribution is -2.50. The van der Waals surface area contributed by atoms with Gasteiger partial charge in [0.2, 0.25) is 5.91 Å². The Balaban J connectivity index is 0.000000806. The van der Waals surface area contributed by atoms with Crippen LogP contribution in [0.15, 0.2) is 24.5 Å². The van der Waals surface area contributed by atoms with Gasteiger partial charge in [-0.05, 0) is 32.0 Å². The first kappa shape index (κ1) is 22.2. The molecule has 0 spiro atoms. The molecule has 0 saturated carbocycles. The molecule has 2 bridgehead atoms. The highest BCUT2D eigenvalue weighted by Gasteiger charge is 2.38. The van der Waals surface area contributed by atoms with Crippen molar-refractivity contribution in [1.29, 1.82) is 0 Å². The number of pyridine rings is 1. The van der Waals surface area contributed by atoms with Crippen LogP contribution in [0, 0.1) is 11.8 Å². The highest BCUT2D eigenvalue weighted by atomic mass is 16.5. The molecule has 0 aromatic carbocycles. The van der Waals surface area contributed by atoms with Crippen molar-refractivity contribution in [1.82, 2.24) is 19.7 Å². The van der Waals surface area contributed by atoms with Gasteiger partial charge in [0, 0.05) is 62.5 Å². The molecule has 30 heavy (non-hydrogen) atoms. The Bertz CT molecular complexity index is 723. The molecule has 2 amide bonds. The number of fused-ring (bicyclic) bond motifs is 3. The van der Waals surface area contributed by atoms with Crippen LogP contribution in [0.3, 0.4) is 0 Å². The molecular weight excluding hydrogens is 388 g/mol. The summed E-state index contributed by atoms with van der Waals surface area (Å²) in [6.07, 6.45) is 4.75. The topological polar surface area (TPSA) is 103 Å². The number of piperidine rings is 1. The molecule has 3 fully saturated rings. The Morgan fingerprint density at radius 3 is 2.47 bits per heavy atom. The number of carboxylic acid groups (broad SMARTS) is 1. The van der Waals surface area contributed by atoms with Crippen molar-refractivity contribution in [2.75, 3.05) is 53.0 Å². The average molecular weight is 418 g/mol. The molecule has 0 radical (unpaired) electrons. The second-order valence-electron chi connectivity index (χ2n) is 8.18. The summed E-state index contributed by atoms with van der Waals surface area (Å²) in [6, 6.07) is 3.63. The van der Waals surface area contributed by atoms with Crippen LogP contribution in [0.4, 0.5) is 0 Å². The van der Waals surface area contributed by atoms with Gasteiger partial charge in [0.15, 0.2) is 0 Å². The van der Waals surface area contributed by atoms with Gasteiger partial charge in [-0.2, -0.15) is 0 Å². The van der Waals surface area contributed by atoms with Crippen LogP contribution in [0.5, 0.6) is 0 Å². The molecule has 164 valence electrons. The van der Waals surface area contributed by atoms with E-state index in [9.17, 15) is 9.59 Å². The van der Waals surface area contributed by atoms with Gasteiger partial charge in [0.05, 0.1) is 19.3 Å². The summed E-state index contributed by atoms with van der Waals surface area (Å²) in [5.41, 5.74) is 0.663. The molecule has 1 N–H and O–H groups in total. The van der Waals surface area contributed by atoms with Crippen molar-refractivity contribution in [2.24, 2.45) is 11.8 Å². The van der Waals surface area contributed by atoms with Crippen LogP contribution < -0.4 is 0 Å². The van der Waals surface area contributed by atoms with Crippen LogP contribution in [-0.2, 0) is 14.3 Å². The number of carbonyl (C=O) groups excluding carboxylic acids is 2. The Morgan fingerprint density at radius 1 is 1.13 bits per heavy atom. The number of likely N-dealkylation sites (tertiary alicyclic amines) is 1. The molecule has 1 aromatic heterocycles. The van der Waals surface area contributed by atoms with Crippen LogP contribution in [0.25, 0.3) is 0 Å². The normalized spacial score (nSPS) is 25.0. The molecule has 4 rings (SSSR count). The smallest absolute Gasteiger partial charge is 0.290 e. The van der Waals surface area contributed by atoms with Gasteiger partial charge in [-0.3, -0.25) is 19.4 Å². The molecule has 3 saturated heterocycles. The third-order valence-corrected chi connectivity index (χ3v) is 5.99. The zero-order valence-electron chi connectivity index (χ0n) is 17.4. The van der Waals surface area contributed by atoms with Gasteiger partial charge in [-0.25, -0.2) is 0 Å². The zero-order valence-corrected chi connectivity index (χ0v) is 17.4. The van der Waals surface area contributed by atoms with Crippen LogP contribution in [0.1, 0.15) is 23.2 Å². The minimum Gasteiger partial charge on any atom is -0.483 e. The molecule has 0 unspecified atom stereocenters. The second-order valence-corrected chi connectivity index (χ2v) is 8.18. The summed E-state index contributed by atoms with van der Waals surface area (Å²) in [5.74, 6) is 0.682. The van der Waals surface area contributed by atoms with E-state index in [4.69, 9.17) is 14.6 Å². The Morgan fingerprint density at radius 2 is 1.80 bits per heavy atom. The van der Waals surface area contributed by atoms with Crippen LogP contribution in [-0.4, -0.2) is 102 Å². The first-order valence-electron chi connectivity index (χ1n) is 10.4. The molecular formula is C21H30N4O5. The summed E-state index contributed by atoms with van der Waals surface area (Å²) >= 11 is 0. The Kier molecular flexibility index (Phi) is 7.75. The lowest BCUT2D eigenvalue weighted by molar-refractivity contribution is -0.139. The average Bonchev–Trinajstić information content (AvgIpc) is 3.04. The second kappa shape index (κ2) is 10.5. The summed E-state index contributed by atoms with van der Waals surface area (Å²) in [7, 11) is 2.13. The SMILES string of the molecule is CN1C[C@@H]2COC[C@H](C1)N(C(=O)C1CCN(C(=O)c3ccncc3)CC1)C2.O=CO.